The Labute approximate surface area is 116 Å². The van der Waals surface area contributed by atoms with Crippen LogP contribution in [0.25, 0.3) is 0 Å². The highest BCUT2D eigenvalue weighted by molar-refractivity contribution is 5.79. The molecule has 0 aliphatic carbocycles. The van der Waals surface area contributed by atoms with E-state index < -0.39 is 0 Å². The first-order chi connectivity index (χ1) is 9.78. The Balaban J connectivity index is 1.71. The number of amides is 1. The molecule has 0 atom stereocenters. The molecule has 0 bridgehead atoms. The summed E-state index contributed by atoms with van der Waals surface area (Å²) in [4.78, 5) is 18.1. The Hall–Kier alpha value is -2.21. The van der Waals surface area contributed by atoms with Crippen LogP contribution in [-0.4, -0.2) is 37.6 Å². The van der Waals surface area contributed by atoms with E-state index in [9.17, 15) is 9.90 Å². The lowest BCUT2D eigenvalue weighted by molar-refractivity contribution is -0.131. The van der Waals surface area contributed by atoms with Gasteiger partial charge in [0.15, 0.2) is 0 Å². The van der Waals surface area contributed by atoms with Crippen LogP contribution in [0.3, 0.4) is 0 Å². The molecule has 1 aliphatic heterocycles. The van der Waals surface area contributed by atoms with Crippen molar-refractivity contribution >= 4 is 5.91 Å². The van der Waals surface area contributed by atoms with Gasteiger partial charge in [-0.15, -0.1) is 0 Å². The van der Waals surface area contributed by atoms with Crippen LogP contribution in [0.15, 0.2) is 24.5 Å². The number of aliphatic hydroxyl groups is 1. The minimum absolute atomic E-state index is 0.0775. The number of hydrogen-bond donors (Lipinski definition) is 2. The minimum atomic E-state index is -0.101. The maximum Gasteiger partial charge on any atom is 0.227 e. The molecule has 3 rings (SSSR count). The minimum Gasteiger partial charge on any atom is -0.390 e. The van der Waals surface area contributed by atoms with Crippen molar-refractivity contribution in [2.24, 2.45) is 0 Å². The third kappa shape index (κ3) is 2.42. The number of aliphatic hydroxyl groups excluding tert-OH is 1. The van der Waals surface area contributed by atoms with Crippen molar-refractivity contribution in [3.63, 3.8) is 0 Å². The van der Waals surface area contributed by atoms with Crippen LogP contribution in [0, 0.1) is 0 Å². The molecule has 0 unspecified atom stereocenters. The smallest absolute Gasteiger partial charge is 0.227 e. The summed E-state index contributed by atoms with van der Waals surface area (Å²) in [6, 6.07) is 3.73. The second kappa shape index (κ2) is 5.42. The van der Waals surface area contributed by atoms with Crippen LogP contribution in [0.2, 0.25) is 0 Å². The van der Waals surface area contributed by atoms with E-state index in [1.165, 1.54) is 0 Å². The van der Waals surface area contributed by atoms with Crippen LogP contribution in [0.1, 0.15) is 22.5 Å². The summed E-state index contributed by atoms with van der Waals surface area (Å²) in [6.07, 6.45) is 4.51. The van der Waals surface area contributed by atoms with Gasteiger partial charge in [0, 0.05) is 43.2 Å². The van der Waals surface area contributed by atoms with E-state index >= 15 is 0 Å². The lowest BCUT2D eigenvalue weighted by Gasteiger charge is -2.27. The summed E-state index contributed by atoms with van der Waals surface area (Å²) in [6.45, 7) is 1.09. The summed E-state index contributed by atoms with van der Waals surface area (Å²) in [5.74, 6) is 0.0775. The number of H-pyrrole nitrogens is 1. The predicted octanol–water partition coefficient (Wildman–Crippen LogP) is 0.424. The third-order valence-corrected chi connectivity index (χ3v) is 3.60. The number of aromatic amines is 1. The first kappa shape index (κ1) is 12.8. The number of hydrogen-bond acceptors (Lipinski definition) is 4. The molecule has 2 N–H and O–H groups in total. The molecule has 3 heterocycles. The maximum atomic E-state index is 12.3. The van der Waals surface area contributed by atoms with Crippen molar-refractivity contribution in [2.75, 3.05) is 6.54 Å². The SMILES string of the molecule is O=C(Cc1cccnc1)N1CCc2[nH]nc(CO)c2C1. The van der Waals surface area contributed by atoms with E-state index in [2.05, 4.69) is 15.2 Å². The largest absolute Gasteiger partial charge is 0.390 e. The second-order valence-corrected chi connectivity index (χ2v) is 4.89. The first-order valence-electron chi connectivity index (χ1n) is 6.60. The van der Waals surface area contributed by atoms with Crippen LogP contribution in [-0.2, 0) is 30.8 Å². The number of nitrogens with zero attached hydrogens (tertiary/aromatic N) is 3. The fraction of sp³-hybridized carbons (Fsp3) is 0.357. The van der Waals surface area contributed by atoms with Crippen molar-refractivity contribution in [2.45, 2.75) is 26.0 Å². The van der Waals surface area contributed by atoms with Crippen molar-refractivity contribution in [3.8, 4) is 0 Å². The lowest BCUT2D eigenvalue weighted by Crippen LogP contribution is -2.37. The molecule has 0 saturated heterocycles. The normalized spacial score (nSPS) is 14.2. The zero-order valence-electron chi connectivity index (χ0n) is 11.0. The summed E-state index contributed by atoms with van der Waals surface area (Å²) in [7, 11) is 0. The average molecular weight is 272 g/mol. The number of pyridine rings is 1. The van der Waals surface area contributed by atoms with Gasteiger partial charge in [-0.05, 0) is 11.6 Å². The summed E-state index contributed by atoms with van der Waals surface area (Å²) >= 11 is 0. The number of rotatable bonds is 3. The maximum absolute atomic E-state index is 12.3. The molecular weight excluding hydrogens is 256 g/mol. The van der Waals surface area contributed by atoms with E-state index in [0.717, 1.165) is 23.2 Å². The summed E-state index contributed by atoms with van der Waals surface area (Å²) in [5, 5.41) is 16.2. The monoisotopic (exact) mass is 272 g/mol. The molecule has 20 heavy (non-hydrogen) atoms. The number of carbonyl (C=O) groups excluding carboxylic acids is 1. The van der Waals surface area contributed by atoms with Crippen molar-refractivity contribution < 1.29 is 9.90 Å². The third-order valence-electron chi connectivity index (χ3n) is 3.60. The number of aromatic nitrogens is 3. The number of carbonyl (C=O) groups is 1. The van der Waals surface area contributed by atoms with Gasteiger partial charge in [0.2, 0.25) is 5.91 Å². The fourth-order valence-corrected chi connectivity index (χ4v) is 2.49. The second-order valence-electron chi connectivity index (χ2n) is 4.89. The Morgan fingerprint density at radius 1 is 1.50 bits per heavy atom. The molecule has 104 valence electrons. The average Bonchev–Trinajstić information content (AvgIpc) is 2.90. The molecule has 1 amide bonds. The number of fused-ring (bicyclic) bond motifs is 1. The van der Waals surface area contributed by atoms with Gasteiger partial charge < -0.3 is 10.0 Å². The van der Waals surface area contributed by atoms with Gasteiger partial charge in [-0.2, -0.15) is 5.10 Å². The zero-order valence-corrected chi connectivity index (χ0v) is 11.0. The highest BCUT2D eigenvalue weighted by Gasteiger charge is 2.24. The van der Waals surface area contributed by atoms with E-state index in [1.807, 2.05) is 17.0 Å². The van der Waals surface area contributed by atoms with Crippen molar-refractivity contribution in [1.29, 1.82) is 0 Å². The zero-order chi connectivity index (χ0) is 13.9. The van der Waals surface area contributed by atoms with Gasteiger partial charge in [-0.1, -0.05) is 6.07 Å². The Morgan fingerprint density at radius 2 is 2.40 bits per heavy atom. The Kier molecular flexibility index (Phi) is 3.47. The lowest BCUT2D eigenvalue weighted by atomic mass is 10.0. The van der Waals surface area contributed by atoms with Crippen molar-refractivity contribution in [1.82, 2.24) is 20.1 Å². The highest BCUT2D eigenvalue weighted by atomic mass is 16.3. The molecule has 6 nitrogen and oxygen atoms in total. The van der Waals surface area contributed by atoms with Crippen LogP contribution in [0.4, 0.5) is 0 Å². The quantitative estimate of drug-likeness (QED) is 0.848. The van der Waals surface area contributed by atoms with E-state index in [4.69, 9.17) is 0 Å². The Morgan fingerprint density at radius 3 is 3.15 bits per heavy atom. The Bertz CT molecular complexity index is 595. The standard InChI is InChI=1S/C14H16N4O2/c19-9-13-11-8-18(5-3-12(11)16-17-13)14(20)6-10-2-1-4-15-7-10/h1-2,4,7,19H,3,5-6,8-9H2,(H,16,17). The molecule has 6 heteroatoms. The number of nitrogens with one attached hydrogen (secondary N) is 1. The predicted molar refractivity (Wildman–Crippen MR) is 71.6 cm³/mol. The van der Waals surface area contributed by atoms with Gasteiger partial charge in [0.05, 0.1) is 18.7 Å². The molecule has 0 radical (unpaired) electrons. The van der Waals surface area contributed by atoms with E-state index in [-0.39, 0.29) is 12.5 Å². The van der Waals surface area contributed by atoms with Gasteiger partial charge in [-0.25, -0.2) is 0 Å². The van der Waals surface area contributed by atoms with Gasteiger partial charge >= 0.3 is 0 Å². The fourth-order valence-electron chi connectivity index (χ4n) is 2.49. The molecule has 0 saturated carbocycles. The summed E-state index contributed by atoms with van der Waals surface area (Å²) in [5.41, 5.74) is 3.54. The van der Waals surface area contributed by atoms with Gasteiger partial charge in [0.1, 0.15) is 0 Å². The van der Waals surface area contributed by atoms with Gasteiger partial charge in [-0.3, -0.25) is 14.9 Å². The van der Waals surface area contributed by atoms with Crippen LogP contribution in [0.5, 0.6) is 0 Å². The van der Waals surface area contributed by atoms with Gasteiger partial charge in [0.25, 0.3) is 0 Å². The molecule has 0 aromatic carbocycles. The van der Waals surface area contributed by atoms with Crippen LogP contribution < -0.4 is 0 Å². The molecule has 2 aromatic heterocycles. The molecule has 2 aromatic rings. The van der Waals surface area contributed by atoms with E-state index in [0.29, 0.717) is 25.2 Å². The highest BCUT2D eigenvalue weighted by Crippen LogP contribution is 2.21. The molecule has 1 aliphatic rings. The van der Waals surface area contributed by atoms with Crippen LogP contribution >= 0.6 is 0 Å². The molecular formula is C14H16N4O2. The topological polar surface area (TPSA) is 82.1 Å². The summed E-state index contributed by atoms with van der Waals surface area (Å²) < 4.78 is 0. The van der Waals surface area contributed by atoms with E-state index in [1.54, 1.807) is 12.4 Å². The van der Waals surface area contributed by atoms with Crippen molar-refractivity contribution in [3.05, 3.63) is 47.0 Å². The molecule has 0 spiro atoms. The first-order valence-corrected chi connectivity index (χ1v) is 6.60. The molecule has 0 fully saturated rings.